The van der Waals surface area contributed by atoms with E-state index in [-0.39, 0.29) is 0 Å². The molecular formula is C11H12Si. The van der Waals surface area contributed by atoms with Crippen LogP contribution in [0.3, 0.4) is 0 Å². The molecule has 0 aliphatic heterocycles. The first-order valence-corrected chi connectivity index (χ1v) is 5.85. The third-order valence-corrected chi connectivity index (χ3v) is 3.48. The fourth-order valence-corrected chi connectivity index (χ4v) is 2.54. The zero-order chi connectivity index (χ0) is 8.55. The van der Waals surface area contributed by atoms with E-state index in [9.17, 15) is 0 Å². The van der Waals surface area contributed by atoms with E-state index in [1.807, 2.05) is 0 Å². The monoisotopic (exact) mass is 172 g/mol. The summed E-state index contributed by atoms with van der Waals surface area (Å²) >= 11 is 0. The molecule has 0 amide bonds. The number of hydrogen-bond acceptors (Lipinski definition) is 0. The average Bonchev–Trinajstić information content (AvgIpc) is 2.46. The van der Waals surface area contributed by atoms with Gasteiger partial charge in [0, 0.05) is 9.52 Å². The van der Waals surface area contributed by atoms with Crippen molar-refractivity contribution in [3.8, 4) is 0 Å². The van der Waals surface area contributed by atoms with Crippen molar-refractivity contribution in [1.82, 2.24) is 0 Å². The Balaban J connectivity index is 2.47. The second-order valence-corrected chi connectivity index (χ2v) is 4.46. The summed E-state index contributed by atoms with van der Waals surface area (Å²) in [5, 5.41) is 0. The Morgan fingerprint density at radius 1 is 1.33 bits per heavy atom. The van der Waals surface area contributed by atoms with Gasteiger partial charge in [-0.15, -0.1) is 0 Å². The molecule has 2 rings (SSSR count). The predicted octanol–water partition coefficient (Wildman–Crippen LogP) is 2.82. The number of benzene rings is 1. The SMILES string of the molecule is C[Si]C1C=Cc2cc(C)ccc21. The van der Waals surface area contributed by atoms with E-state index in [0.717, 1.165) is 9.52 Å². The lowest BCUT2D eigenvalue weighted by Gasteiger charge is -2.06. The van der Waals surface area contributed by atoms with Gasteiger partial charge in [-0.05, 0) is 23.6 Å². The van der Waals surface area contributed by atoms with Crippen LogP contribution in [0.1, 0.15) is 22.2 Å². The molecule has 1 aromatic carbocycles. The molecule has 0 N–H and O–H groups in total. The minimum Gasteiger partial charge on any atom is -0.0797 e. The lowest BCUT2D eigenvalue weighted by atomic mass is 10.1. The highest BCUT2D eigenvalue weighted by Gasteiger charge is 2.14. The zero-order valence-corrected chi connectivity index (χ0v) is 8.46. The minimum absolute atomic E-state index is 0.695. The van der Waals surface area contributed by atoms with Crippen molar-refractivity contribution in [2.45, 2.75) is 19.0 Å². The maximum absolute atomic E-state index is 2.32. The second kappa shape index (κ2) is 2.90. The van der Waals surface area contributed by atoms with Gasteiger partial charge >= 0.3 is 0 Å². The number of allylic oxidation sites excluding steroid dienone is 1. The van der Waals surface area contributed by atoms with Gasteiger partial charge in [-0.2, -0.15) is 0 Å². The highest BCUT2D eigenvalue weighted by atomic mass is 28.2. The number of aryl methyl sites for hydroxylation is 1. The fourth-order valence-electron chi connectivity index (χ4n) is 1.68. The Morgan fingerprint density at radius 3 is 2.92 bits per heavy atom. The van der Waals surface area contributed by atoms with E-state index in [1.54, 1.807) is 0 Å². The molecule has 0 saturated heterocycles. The van der Waals surface area contributed by atoms with Crippen LogP contribution >= 0.6 is 0 Å². The Bertz CT molecular complexity index is 326. The highest BCUT2D eigenvalue weighted by Crippen LogP contribution is 2.29. The Morgan fingerprint density at radius 2 is 2.17 bits per heavy atom. The van der Waals surface area contributed by atoms with Crippen molar-refractivity contribution in [3.63, 3.8) is 0 Å². The van der Waals surface area contributed by atoms with Crippen LogP contribution in [-0.2, 0) is 0 Å². The van der Waals surface area contributed by atoms with Gasteiger partial charge in [0.15, 0.2) is 0 Å². The van der Waals surface area contributed by atoms with E-state index in [2.05, 4.69) is 43.8 Å². The molecule has 1 heteroatoms. The van der Waals surface area contributed by atoms with E-state index in [1.165, 1.54) is 16.7 Å². The summed E-state index contributed by atoms with van der Waals surface area (Å²) in [6, 6.07) is 6.75. The van der Waals surface area contributed by atoms with Crippen LogP contribution in [0.5, 0.6) is 0 Å². The Labute approximate surface area is 76.1 Å². The van der Waals surface area contributed by atoms with Crippen molar-refractivity contribution >= 4 is 15.6 Å². The molecule has 0 bridgehead atoms. The first-order valence-electron chi connectivity index (χ1n) is 4.27. The third-order valence-electron chi connectivity index (χ3n) is 2.36. The molecule has 12 heavy (non-hydrogen) atoms. The predicted molar refractivity (Wildman–Crippen MR) is 54.6 cm³/mol. The Kier molecular flexibility index (Phi) is 1.89. The molecule has 0 aromatic heterocycles. The van der Waals surface area contributed by atoms with Crippen LogP contribution in [0.4, 0.5) is 0 Å². The van der Waals surface area contributed by atoms with E-state index in [0.29, 0.717) is 5.54 Å². The second-order valence-electron chi connectivity index (χ2n) is 3.26. The molecule has 0 spiro atoms. The smallest absolute Gasteiger partial charge is 0.0492 e. The van der Waals surface area contributed by atoms with Crippen LogP contribution in [0.25, 0.3) is 6.08 Å². The van der Waals surface area contributed by atoms with Gasteiger partial charge in [-0.25, -0.2) is 0 Å². The maximum atomic E-state index is 2.32. The summed E-state index contributed by atoms with van der Waals surface area (Å²) in [7, 11) is 0.988. The van der Waals surface area contributed by atoms with Gasteiger partial charge < -0.3 is 0 Å². The first-order chi connectivity index (χ1) is 5.81. The molecule has 0 heterocycles. The lowest BCUT2D eigenvalue weighted by molar-refractivity contribution is 1.22. The molecule has 2 radical (unpaired) electrons. The number of hydrogen-bond donors (Lipinski definition) is 0. The Hall–Kier alpha value is -0.823. The molecular weight excluding hydrogens is 160 g/mol. The van der Waals surface area contributed by atoms with Gasteiger partial charge in [0.05, 0.1) is 0 Å². The van der Waals surface area contributed by atoms with Crippen molar-refractivity contribution in [2.75, 3.05) is 0 Å². The van der Waals surface area contributed by atoms with E-state index in [4.69, 9.17) is 0 Å². The van der Waals surface area contributed by atoms with Crippen molar-refractivity contribution in [1.29, 1.82) is 0 Å². The summed E-state index contributed by atoms with van der Waals surface area (Å²) in [5.41, 5.74) is 5.00. The van der Waals surface area contributed by atoms with Gasteiger partial charge in [0.2, 0.25) is 0 Å². The summed E-state index contributed by atoms with van der Waals surface area (Å²) in [4.78, 5) is 0. The third kappa shape index (κ3) is 1.14. The number of rotatable bonds is 1. The zero-order valence-electron chi connectivity index (χ0n) is 7.46. The van der Waals surface area contributed by atoms with Crippen LogP contribution in [-0.4, -0.2) is 9.52 Å². The molecule has 0 fully saturated rings. The largest absolute Gasteiger partial charge is 0.0797 e. The summed E-state index contributed by atoms with van der Waals surface area (Å²) < 4.78 is 0. The van der Waals surface area contributed by atoms with Gasteiger partial charge in [0.25, 0.3) is 0 Å². The maximum Gasteiger partial charge on any atom is 0.0492 e. The molecule has 1 aliphatic rings. The van der Waals surface area contributed by atoms with Crippen molar-refractivity contribution in [2.24, 2.45) is 0 Å². The summed E-state index contributed by atoms with van der Waals surface area (Å²) in [6.45, 7) is 4.42. The van der Waals surface area contributed by atoms with E-state index >= 15 is 0 Å². The quantitative estimate of drug-likeness (QED) is 0.571. The first kappa shape index (κ1) is 7.81. The summed E-state index contributed by atoms with van der Waals surface area (Å²) in [6.07, 6.45) is 4.58. The van der Waals surface area contributed by atoms with Gasteiger partial charge in [-0.3, -0.25) is 0 Å². The fraction of sp³-hybridized carbons (Fsp3) is 0.273. The number of fused-ring (bicyclic) bond motifs is 1. The van der Waals surface area contributed by atoms with Crippen molar-refractivity contribution < 1.29 is 0 Å². The molecule has 1 atom stereocenters. The molecule has 0 saturated carbocycles. The van der Waals surface area contributed by atoms with Crippen molar-refractivity contribution in [3.05, 3.63) is 41.0 Å². The van der Waals surface area contributed by atoms with Gasteiger partial charge in [-0.1, -0.05) is 42.5 Å². The molecule has 60 valence electrons. The van der Waals surface area contributed by atoms with Crippen LogP contribution < -0.4 is 0 Å². The molecule has 1 unspecified atom stereocenters. The van der Waals surface area contributed by atoms with E-state index < -0.39 is 0 Å². The minimum atomic E-state index is 0.695. The topological polar surface area (TPSA) is 0 Å². The molecule has 0 nitrogen and oxygen atoms in total. The highest BCUT2D eigenvalue weighted by molar-refractivity contribution is 6.37. The molecule has 1 aromatic rings. The van der Waals surface area contributed by atoms with Crippen LogP contribution in [0.15, 0.2) is 24.3 Å². The van der Waals surface area contributed by atoms with Crippen LogP contribution in [0, 0.1) is 6.92 Å². The average molecular weight is 172 g/mol. The van der Waals surface area contributed by atoms with Gasteiger partial charge in [0.1, 0.15) is 0 Å². The summed E-state index contributed by atoms with van der Waals surface area (Å²) in [5.74, 6) is 0. The standard InChI is InChI=1S/C11H12Si/c1-8-3-5-10-9(7-8)4-6-11(10)12-2/h3-7,11H,1-2H3. The normalized spacial score (nSPS) is 19.7. The molecule has 1 aliphatic carbocycles. The lowest BCUT2D eigenvalue weighted by Crippen LogP contribution is -1.98. The van der Waals surface area contributed by atoms with Crippen LogP contribution in [0.2, 0.25) is 6.55 Å².